The predicted octanol–water partition coefficient (Wildman–Crippen LogP) is 4.37. The van der Waals surface area contributed by atoms with Crippen LogP contribution in [0.25, 0.3) is 0 Å². The fourth-order valence-electron chi connectivity index (χ4n) is 2.73. The van der Waals surface area contributed by atoms with Gasteiger partial charge in [-0.3, -0.25) is 0 Å². The van der Waals surface area contributed by atoms with E-state index in [9.17, 15) is 5.11 Å². The van der Waals surface area contributed by atoms with Gasteiger partial charge in [-0.05, 0) is 58.3 Å². The fourth-order valence-corrected chi connectivity index (χ4v) is 3.37. The highest BCUT2D eigenvalue weighted by Gasteiger charge is 2.32. The summed E-state index contributed by atoms with van der Waals surface area (Å²) in [7, 11) is 0. The van der Waals surface area contributed by atoms with Gasteiger partial charge in [0.2, 0.25) is 0 Å². The van der Waals surface area contributed by atoms with E-state index in [1.165, 1.54) is 12.1 Å². The first-order valence-corrected chi connectivity index (χ1v) is 7.81. The molecule has 1 fully saturated rings. The molecular formula is C16H24BrNO. The fraction of sp³-hybridized carbons (Fsp3) is 0.625. The van der Waals surface area contributed by atoms with Gasteiger partial charge in [-0.1, -0.05) is 26.8 Å². The van der Waals surface area contributed by atoms with Crippen LogP contribution in [0.3, 0.4) is 0 Å². The van der Waals surface area contributed by atoms with E-state index >= 15 is 0 Å². The summed E-state index contributed by atoms with van der Waals surface area (Å²) in [5, 5.41) is 9.62. The highest BCUT2D eigenvalue weighted by atomic mass is 79.9. The Bertz CT molecular complexity index is 451. The molecule has 3 heteroatoms. The molecule has 1 N–H and O–H groups in total. The van der Waals surface area contributed by atoms with E-state index in [1.807, 2.05) is 12.1 Å². The monoisotopic (exact) mass is 325 g/mol. The lowest BCUT2D eigenvalue weighted by Gasteiger charge is -2.28. The number of benzene rings is 1. The summed E-state index contributed by atoms with van der Waals surface area (Å²) in [6, 6.07) is 6.18. The number of hydrogen-bond donors (Lipinski definition) is 1. The van der Waals surface area contributed by atoms with Crippen LogP contribution in [0.2, 0.25) is 0 Å². The van der Waals surface area contributed by atoms with Crippen LogP contribution in [0, 0.1) is 11.3 Å². The summed E-state index contributed by atoms with van der Waals surface area (Å²) in [5.74, 6) is 0.746. The maximum absolute atomic E-state index is 9.62. The van der Waals surface area contributed by atoms with Gasteiger partial charge in [0.05, 0.1) is 11.8 Å². The molecule has 1 aromatic carbocycles. The zero-order valence-electron chi connectivity index (χ0n) is 12.3. The SMILES string of the molecule is CC(O)c1ccc(N2CCC(C(C)(C)C)C2)c(Br)c1. The van der Waals surface area contributed by atoms with Crippen molar-refractivity contribution in [2.24, 2.45) is 11.3 Å². The number of halogens is 1. The van der Waals surface area contributed by atoms with Gasteiger partial charge in [0.1, 0.15) is 0 Å². The van der Waals surface area contributed by atoms with Gasteiger partial charge in [-0.15, -0.1) is 0 Å². The van der Waals surface area contributed by atoms with Gasteiger partial charge in [0.15, 0.2) is 0 Å². The molecule has 0 radical (unpaired) electrons. The quantitative estimate of drug-likeness (QED) is 0.872. The Morgan fingerprint density at radius 2 is 2.05 bits per heavy atom. The summed E-state index contributed by atoms with van der Waals surface area (Å²) in [6.45, 7) is 11.0. The van der Waals surface area contributed by atoms with E-state index in [1.54, 1.807) is 6.92 Å². The smallest absolute Gasteiger partial charge is 0.0762 e. The molecule has 0 amide bonds. The number of aliphatic hydroxyl groups is 1. The van der Waals surface area contributed by atoms with Gasteiger partial charge in [-0.2, -0.15) is 0 Å². The Hall–Kier alpha value is -0.540. The minimum Gasteiger partial charge on any atom is -0.389 e. The maximum atomic E-state index is 9.62. The number of rotatable bonds is 2. The van der Waals surface area contributed by atoms with Crippen molar-refractivity contribution in [2.75, 3.05) is 18.0 Å². The van der Waals surface area contributed by atoms with Crippen molar-refractivity contribution < 1.29 is 5.11 Å². The highest BCUT2D eigenvalue weighted by molar-refractivity contribution is 9.10. The topological polar surface area (TPSA) is 23.5 Å². The van der Waals surface area contributed by atoms with E-state index in [-0.39, 0.29) is 0 Å². The molecule has 0 saturated carbocycles. The van der Waals surface area contributed by atoms with Crippen molar-refractivity contribution >= 4 is 21.6 Å². The van der Waals surface area contributed by atoms with Gasteiger partial charge in [-0.25, -0.2) is 0 Å². The highest BCUT2D eigenvalue weighted by Crippen LogP contribution is 2.38. The maximum Gasteiger partial charge on any atom is 0.0762 e. The van der Waals surface area contributed by atoms with Crippen LogP contribution in [0.5, 0.6) is 0 Å². The second-order valence-corrected chi connectivity index (χ2v) is 7.54. The van der Waals surface area contributed by atoms with Crippen molar-refractivity contribution in [1.29, 1.82) is 0 Å². The Kier molecular flexibility index (Phi) is 4.26. The zero-order chi connectivity index (χ0) is 14.2. The van der Waals surface area contributed by atoms with Crippen LogP contribution < -0.4 is 4.90 Å². The molecule has 19 heavy (non-hydrogen) atoms. The van der Waals surface area contributed by atoms with Crippen molar-refractivity contribution in [3.8, 4) is 0 Å². The second-order valence-electron chi connectivity index (χ2n) is 6.68. The molecule has 1 aromatic rings. The van der Waals surface area contributed by atoms with Crippen molar-refractivity contribution in [1.82, 2.24) is 0 Å². The standard InChI is InChI=1S/C16H24BrNO/c1-11(19)12-5-6-15(14(17)9-12)18-8-7-13(10-18)16(2,3)4/h5-6,9,11,13,19H,7-8,10H2,1-4H3. The Labute approximate surface area is 124 Å². The van der Waals surface area contributed by atoms with E-state index in [0.29, 0.717) is 5.41 Å². The molecule has 1 saturated heterocycles. The summed E-state index contributed by atoms with van der Waals surface area (Å²) in [6.07, 6.45) is 0.847. The molecule has 2 atom stereocenters. The van der Waals surface area contributed by atoms with Crippen LogP contribution in [0.1, 0.15) is 45.8 Å². The molecule has 1 heterocycles. The van der Waals surface area contributed by atoms with Crippen molar-refractivity contribution in [3.63, 3.8) is 0 Å². The molecule has 0 bridgehead atoms. The average Bonchev–Trinajstić information content (AvgIpc) is 2.77. The predicted molar refractivity (Wildman–Crippen MR) is 84.6 cm³/mol. The second kappa shape index (κ2) is 5.45. The first-order valence-electron chi connectivity index (χ1n) is 7.01. The molecule has 106 valence electrons. The van der Waals surface area contributed by atoms with Gasteiger partial charge in [0.25, 0.3) is 0 Å². The van der Waals surface area contributed by atoms with Crippen LogP contribution in [0.4, 0.5) is 5.69 Å². The number of hydrogen-bond acceptors (Lipinski definition) is 2. The summed E-state index contributed by atoms with van der Waals surface area (Å²) >= 11 is 3.64. The summed E-state index contributed by atoms with van der Waals surface area (Å²) < 4.78 is 1.08. The first-order chi connectivity index (χ1) is 8.79. The molecule has 0 spiro atoms. The lowest BCUT2D eigenvalue weighted by Crippen LogP contribution is -2.26. The summed E-state index contributed by atoms with van der Waals surface area (Å²) in [5.41, 5.74) is 2.58. The van der Waals surface area contributed by atoms with Crippen LogP contribution in [0.15, 0.2) is 22.7 Å². The molecule has 2 nitrogen and oxygen atoms in total. The zero-order valence-corrected chi connectivity index (χ0v) is 13.9. The molecule has 1 aliphatic heterocycles. The Morgan fingerprint density at radius 3 is 2.53 bits per heavy atom. The molecular weight excluding hydrogens is 302 g/mol. The van der Waals surface area contributed by atoms with Gasteiger partial charge in [0, 0.05) is 17.6 Å². The Balaban J connectivity index is 2.16. The minimum absolute atomic E-state index is 0.376. The third-order valence-corrected chi connectivity index (χ3v) is 4.84. The average molecular weight is 326 g/mol. The van der Waals surface area contributed by atoms with Gasteiger partial charge < -0.3 is 10.0 Å². The molecule has 2 unspecified atom stereocenters. The number of aliphatic hydroxyl groups excluding tert-OH is 1. The third-order valence-electron chi connectivity index (χ3n) is 4.21. The number of nitrogens with zero attached hydrogens (tertiary/aromatic N) is 1. The molecule has 2 rings (SSSR count). The normalized spacial score (nSPS) is 21.8. The van der Waals surface area contributed by atoms with Crippen molar-refractivity contribution in [2.45, 2.75) is 40.2 Å². The van der Waals surface area contributed by atoms with Crippen LogP contribution in [-0.4, -0.2) is 18.2 Å². The Morgan fingerprint density at radius 1 is 1.37 bits per heavy atom. The largest absolute Gasteiger partial charge is 0.389 e. The van der Waals surface area contributed by atoms with E-state index in [4.69, 9.17) is 0 Å². The van der Waals surface area contributed by atoms with E-state index < -0.39 is 6.10 Å². The molecule has 0 aliphatic carbocycles. The molecule has 1 aliphatic rings. The molecule has 0 aromatic heterocycles. The number of anilines is 1. The van der Waals surface area contributed by atoms with Crippen LogP contribution in [-0.2, 0) is 0 Å². The van der Waals surface area contributed by atoms with E-state index in [2.05, 4.69) is 47.7 Å². The first kappa shape index (κ1) is 14.9. The third kappa shape index (κ3) is 3.32. The lowest BCUT2D eigenvalue weighted by atomic mass is 9.80. The van der Waals surface area contributed by atoms with Crippen LogP contribution >= 0.6 is 15.9 Å². The summed E-state index contributed by atoms with van der Waals surface area (Å²) in [4.78, 5) is 2.45. The minimum atomic E-state index is -0.411. The van der Waals surface area contributed by atoms with Crippen molar-refractivity contribution in [3.05, 3.63) is 28.2 Å². The van der Waals surface area contributed by atoms with E-state index in [0.717, 1.165) is 29.0 Å². The lowest BCUT2D eigenvalue weighted by molar-refractivity contribution is 0.199. The van der Waals surface area contributed by atoms with Gasteiger partial charge >= 0.3 is 0 Å².